The molecule has 1 rings (SSSR count). The van der Waals surface area contributed by atoms with Crippen molar-refractivity contribution in [3.63, 3.8) is 0 Å². The van der Waals surface area contributed by atoms with Crippen LogP contribution in [0.4, 0.5) is 0 Å². The Hall–Kier alpha value is -2.18. The molecular formula is C11H10O6. The Balaban J connectivity index is 2.93. The summed E-state index contributed by atoms with van der Waals surface area (Å²) in [7, 11) is 0. The van der Waals surface area contributed by atoms with Gasteiger partial charge in [0.25, 0.3) is 0 Å². The van der Waals surface area contributed by atoms with Gasteiger partial charge in [-0.3, -0.25) is 0 Å². The van der Waals surface area contributed by atoms with Crippen LogP contribution in [0, 0.1) is 0 Å². The molecular weight excluding hydrogens is 228 g/mol. The molecule has 0 fully saturated rings. The third-order valence-electron chi connectivity index (χ3n) is 1.85. The molecule has 0 saturated heterocycles. The van der Waals surface area contributed by atoms with E-state index in [1.807, 2.05) is 0 Å². The van der Waals surface area contributed by atoms with E-state index in [9.17, 15) is 9.59 Å². The largest absolute Gasteiger partial charge is 0.478 e. The predicted molar refractivity (Wildman–Crippen MR) is 56.2 cm³/mol. The zero-order valence-electron chi connectivity index (χ0n) is 8.66. The maximum Gasteiger partial charge on any atom is 0.346 e. The van der Waals surface area contributed by atoms with Crippen molar-refractivity contribution < 1.29 is 29.6 Å². The summed E-state index contributed by atoms with van der Waals surface area (Å²) in [5.74, 6) is -5.06. The van der Waals surface area contributed by atoms with Crippen molar-refractivity contribution in [2.75, 3.05) is 0 Å². The first kappa shape index (κ1) is 12.9. The zero-order valence-corrected chi connectivity index (χ0v) is 8.66. The van der Waals surface area contributed by atoms with Crippen LogP contribution in [-0.2, 0) is 4.74 Å². The van der Waals surface area contributed by atoms with Crippen LogP contribution in [0.2, 0.25) is 0 Å². The van der Waals surface area contributed by atoms with Gasteiger partial charge in [0, 0.05) is 6.08 Å². The summed E-state index contributed by atoms with van der Waals surface area (Å²) in [5, 5.41) is 26.7. The van der Waals surface area contributed by atoms with Gasteiger partial charge in [0.1, 0.15) is 0 Å². The Bertz CT molecular complexity index is 463. The second-order valence-corrected chi connectivity index (χ2v) is 3.14. The van der Waals surface area contributed by atoms with Crippen LogP contribution in [0.25, 0.3) is 0 Å². The number of benzene rings is 1. The first-order valence-corrected chi connectivity index (χ1v) is 4.51. The molecule has 0 saturated carbocycles. The lowest BCUT2D eigenvalue weighted by Gasteiger charge is -2.16. The summed E-state index contributed by atoms with van der Waals surface area (Å²) < 4.78 is 4.27. The number of carboxylic acids is 1. The lowest BCUT2D eigenvalue weighted by Crippen LogP contribution is -2.31. The van der Waals surface area contributed by atoms with Gasteiger partial charge in [0.05, 0.1) is 11.1 Å². The number of ether oxygens (including phenoxy) is 1. The molecule has 17 heavy (non-hydrogen) atoms. The molecule has 0 spiro atoms. The van der Waals surface area contributed by atoms with Gasteiger partial charge in [0.2, 0.25) is 0 Å². The first-order valence-electron chi connectivity index (χ1n) is 4.51. The maximum atomic E-state index is 11.4. The highest BCUT2D eigenvalue weighted by molar-refractivity contribution is 5.94. The third-order valence-corrected chi connectivity index (χ3v) is 1.85. The van der Waals surface area contributed by atoms with E-state index in [4.69, 9.17) is 15.3 Å². The van der Waals surface area contributed by atoms with Crippen molar-refractivity contribution >= 4 is 11.9 Å². The van der Waals surface area contributed by atoms with Gasteiger partial charge in [-0.25, -0.2) is 9.59 Å². The number of esters is 1. The van der Waals surface area contributed by atoms with Crippen molar-refractivity contribution in [2.45, 2.75) is 5.97 Å². The SMILES string of the molecule is C=CC(O)(O)OC(=O)c1cccc(C(=O)O)c1. The van der Waals surface area contributed by atoms with Crippen LogP contribution in [0.5, 0.6) is 0 Å². The number of hydrogen-bond donors (Lipinski definition) is 3. The van der Waals surface area contributed by atoms with E-state index in [2.05, 4.69) is 11.3 Å². The zero-order chi connectivity index (χ0) is 13.1. The van der Waals surface area contributed by atoms with E-state index in [0.29, 0.717) is 6.08 Å². The van der Waals surface area contributed by atoms with Crippen molar-refractivity contribution in [3.8, 4) is 0 Å². The molecule has 1 aromatic carbocycles. The second-order valence-electron chi connectivity index (χ2n) is 3.14. The van der Waals surface area contributed by atoms with Crippen LogP contribution in [0.3, 0.4) is 0 Å². The van der Waals surface area contributed by atoms with E-state index in [0.717, 1.165) is 6.07 Å². The van der Waals surface area contributed by atoms with Crippen LogP contribution >= 0.6 is 0 Å². The van der Waals surface area contributed by atoms with Crippen molar-refractivity contribution in [3.05, 3.63) is 48.0 Å². The Morgan fingerprint density at radius 1 is 1.29 bits per heavy atom. The number of rotatable bonds is 4. The fraction of sp³-hybridized carbons (Fsp3) is 0.0909. The number of carbonyl (C=O) groups is 2. The Labute approximate surface area is 96.4 Å². The highest BCUT2D eigenvalue weighted by Crippen LogP contribution is 2.11. The minimum Gasteiger partial charge on any atom is -0.478 e. The normalized spacial score (nSPS) is 10.7. The summed E-state index contributed by atoms with van der Waals surface area (Å²) >= 11 is 0. The number of carboxylic acid groups (broad SMARTS) is 1. The van der Waals surface area contributed by atoms with E-state index < -0.39 is 17.9 Å². The molecule has 3 N–H and O–H groups in total. The molecule has 0 aliphatic heterocycles. The molecule has 0 aromatic heterocycles. The van der Waals surface area contributed by atoms with Gasteiger partial charge in [-0.1, -0.05) is 12.6 Å². The van der Waals surface area contributed by atoms with Crippen molar-refractivity contribution in [2.24, 2.45) is 0 Å². The Kier molecular flexibility index (Phi) is 3.62. The molecule has 0 radical (unpaired) electrons. The predicted octanol–water partition coefficient (Wildman–Crippen LogP) is 0.366. The molecule has 0 amide bonds. The number of hydrogen-bond acceptors (Lipinski definition) is 5. The van der Waals surface area contributed by atoms with Gasteiger partial charge in [0.15, 0.2) is 0 Å². The first-order chi connectivity index (χ1) is 7.85. The van der Waals surface area contributed by atoms with Crippen molar-refractivity contribution in [1.29, 1.82) is 0 Å². The molecule has 0 heterocycles. The van der Waals surface area contributed by atoms with Crippen LogP contribution < -0.4 is 0 Å². The summed E-state index contributed by atoms with van der Waals surface area (Å²) in [6, 6.07) is 4.97. The second kappa shape index (κ2) is 4.77. The monoisotopic (exact) mass is 238 g/mol. The molecule has 0 aliphatic rings. The molecule has 0 atom stereocenters. The highest BCUT2D eigenvalue weighted by Gasteiger charge is 2.25. The molecule has 1 aromatic rings. The van der Waals surface area contributed by atoms with Gasteiger partial charge in [-0.05, 0) is 18.2 Å². The Morgan fingerprint density at radius 2 is 1.88 bits per heavy atom. The van der Waals surface area contributed by atoms with Gasteiger partial charge in [-0.15, -0.1) is 0 Å². The van der Waals surface area contributed by atoms with E-state index in [-0.39, 0.29) is 11.1 Å². The molecule has 0 unspecified atom stereocenters. The maximum absolute atomic E-state index is 11.4. The smallest absolute Gasteiger partial charge is 0.346 e. The van der Waals surface area contributed by atoms with Gasteiger partial charge < -0.3 is 20.1 Å². The molecule has 0 bridgehead atoms. The fourth-order valence-corrected chi connectivity index (χ4v) is 1.02. The van der Waals surface area contributed by atoms with E-state index in [1.54, 1.807) is 0 Å². The lowest BCUT2D eigenvalue weighted by molar-refractivity contribution is -0.270. The van der Waals surface area contributed by atoms with E-state index in [1.165, 1.54) is 18.2 Å². The molecule has 6 nitrogen and oxygen atoms in total. The topological polar surface area (TPSA) is 104 Å². The van der Waals surface area contributed by atoms with Crippen LogP contribution in [-0.4, -0.2) is 33.2 Å². The summed E-state index contributed by atoms with van der Waals surface area (Å²) in [6.45, 7) is 3.05. The van der Waals surface area contributed by atoms with E-state index >= 15 is 0 Å². The van der Waals surface area contributed by atoms with Crippen molar-refractivity contribution in [1.82, 2.24) is 0 Å². The van der Waals surface area contributed by atoms with Crippen LogP contribution in [0.1, 0.15) is 20.7 Å². The molecule has 90 valence electrons. The van der Waals surface area contributed by atoms with Crippen LogP contribution in [0.15, 0.2) is 36.9 Å². The minimum absolute atomic E-state index is 0.112. The fourth-order valence-electron chi connectivity index (χ4n) is 1.02. The highest BCUT2D eigenvalue weighted by atomic mass is 16.8. The summed E-state index contributed by atoms with van der Waals surface area (Å²) in [6.07, 6.45) is 0.617. The van der Waals surface area contributed by atoms with Gasteiger partial charge >= 0.3 is 17.9 Å². The molecule has 6 heteroatoms. The number of carbonyl (C=O) groups excluding carboxylic acids is 1. The standard InChI is InChI=1S/C11H10O6/c1-2-11(15,16)17-10(14)8-5-3-4-7(6-8)9(12)13/h2-6,15-16H,1H2,(H,12,13). The number of aliphatic hydroxyl groups is 2. The average Bonchev–Trinajstić information content (AvgIpc) is 2.28. The molecule has 0 aliphatic carbocycles. The Morgan fingerprint density at radius 3 is 2.41 bits per heavy atom. The lowest BCUT2D eigenvalue weighted by atomic mass is 10.1. The number of aromatic carboxylic acids is 1. The summed E-state index contributed by atoms with van der Waals surface area (Å²) in [5.41, 5.74) is -0.223. The summed E-state index contributed by atoms with van der Waals surface area (Å²) in [4.78, 5) is 22.1. The average molecular weight is 238 g/mol. The third kappa shape index (κ3) is 3.40. The minimum atomic E-state index is -2.78. The quantitative estimate of drug-likeness (QED) is 0.397. The van der Waals surface area contributed by atoms with Gasteiger partial charge in [-0.2, -0.15) is 0 Å².